The highest BCUT2D eigenvalue weighted by Crippen LogP contribution is 2.39. The number of hydrogen-bond acceptors (Lipinski definition) is 7. The van der Waals surface area contributed by atoms with Gasteiger partial charge in [-0.3, -0.25) is 4.68 Å². The van der Waals surface area contributed by atoms with Crippen LogP contribution in [0.1, 0.15) is 18.0 Å². The zero-order valence-corrected chi connectivity index (χ0v) is 25.2. The molecule has 4 aromatic rings. The zero-order valence-electron chi connectivity index (χ0n) is 21.8. The van der Waals surface area contributed by atoms with Gasteiger partial charge in [0.05, 0.1) is 17.9 Å². The van der Waals surface area contributed by atoms with E-state index in [4.69, 9.17) is 4.74 Å². The van der Waals surface area contributed by atoms with Crippen molar-refractivity contribution in [1.82, 2.24) is 24.3 Å². The predicted molar refractivity (Wildman–Crippen MR) is 155 cm³/mol. The van der Waals surface area contributed by atoms with Crippen molar-refractivity contribution in [2.75, 3.05) is 31.3 Å². The fraction of sp³-hybridized carbons (Fsp3) is 0.462. The maximum atomic E-state index is 14.4. The second-order valence-corrected chi connectivity index (χ2v) is 18.2. The van der Waals surface area contributed by atoms with E-state index >= 15 is 0 Å². The molecule has 38 heavy (non-hydrogen) atoms. The Labute approximate surface area is 235 Å². The predicted octanol–water partition coefficient (Wildman–Crippen LogP) is 6.34. The van der Waals surface area contributed by atoms with E-state index in [0.29, 0.717) is 18.8 Å². The summed E-state index contributed by atoms with van der Waals surface area (Å²) < 4.78 is 24.9. The molecule has 12 heteroatoms. The smallest absolute Gasteiger partial charge is 0.145 e. The van der Waals surface area contributed by atoms with Gasteiger partial charge >= 0.3 is 0 Å². The molecule has 5 rings (SSSR count). The molecule has 0 N–H and O–H groups in total. The van der Waals surface area contributed by atoms with Crippen molar-refractivity contribution >= 4 is 51.4 Å². The Kier molecular flexibility index (Phi) is 8.00. The number of alkyl halides is 1. The van der Waals surface area contributed by atoms with Crippen LogP contribution in [0.15, 0.2) is 40.8 Å². The van der Waals surface area contributed by atoms with Crippen LogP contribution >= 0.6 is 27.3 Å². The maximum absolute atomic E-state index is 14.4. The highest BCUT2D eigenvalue weighted by molar-refractivity contribution is 9.10. The Morgan fingerprint density at radius 2 is 2.18 bits per heavy atom. The standard InChI is InChI=1S/C26H31BrFN7OSSi/c1-38(2,3)9-8-36-17-34-7-5-20-24(30-16-31-25(20)34)19-12-32-35(14-19)23(10-28)18-4-6-33(13-18)26-21(11-29)22(27)15-37-26/h5,7,12,14-16,18,23H,4,6,8-10,13,17H2,1-3H3/t18-,23?/m0/s1. The first kappa shape index (κ1) is 27.0. The first-order chi connectivity index (χ1) is 18.3. The van der Waals surface area contributed by atoms with Gasteiger partial charge in [-0.15, -0.1) is 11.3 Å². The molecule has 1 aliphatic heterocycles. The van der Waals surface area contributed by atoms with Crippen molar-refractivity contribution in [2.24, 2.45) is 5.92 Å². The van der Waals surface area contributed by atoms with E-state index in [1.807, 2.05) is 28.4 Å². The average molecular weight is 617 g/mol. The molecule has 0 saturated carbocycles. The summed E-state index contributed by atoms with van der Waals surface area (Å²) in [6.07, 6.45) is 8.00. The molecule has 2 atom stereocenters. The van der Waals surface area contributed by atoms with Crippen molar-refractivity contribution in [3.8, 4) is 17.3 Å². The SMILES string of the molecule is C[Si](C)(C)CCOCn1ccc2c(-c3cnn(C(CF)[C@H]4CCN(c5scc(Br)c5C#N)C4)c3)ncnc21. The molecule has 0 bridgehead atoms. The van der Waals surface area contributed by atoms with Crippen molar-refractivity contribution in [3.63, 3.8) is 0 Å². The Balaban J connectivity index is 1.31. The van der Waals surface area contributed by atoms with E-state index in [1.54, 1.807) is 28.5 Å². The third kappa shape index (κ3) is 5.56. The van der Waals surface area contributed by atoms with E-state index in [9.17, 15) is 9.65 Å². The molecule has 0 radical (unpaired) electrons. The van der Waals surface area contributed by atoms with Crippen LogP contribution in [0.2, 0.25) is 25.7 Å². The van der Waals surface area contributed by atoms with E-state index in [1.165, 1.54) is 0 Å². The lowest BCUT2D eigenvalue weighted by molar-refractivity contribution is 0.0899. The third-order valence-corrected chi connectivity index (χ3v) is 10.7. The van der Waals surface area contributed by atoms with E-state index in [0.717, 1.165) is 57.4 Å². The first-order valence-electron chi connectivity index (χ1n) is 12.7. The summed E-state index contributed by atoms with van der Waals surface area (Å²) in [6.45, 7) is 9.16. The van der Waals surface area contributed by atoms with Crippen molar-refractivity contribution in [3.05, 3.63) is 46.4 Å². The van der Waals surface area contributed by atoms with Gasteiger partial charge in [-0.1, -0.05) is 19.6 Å². The van der Waals surface area contributed by atoms with Gasteiger partial charge in [-0.2, -0.15) is 10.4 Å². The fourth-order valence-electron chi connectivity index (χ4n) is 4.88. The molecule has 1 aliphatic rings. The third-order valence-electron chi connectivity index (χ3n) is 7.05. The van der Waals surface area contributed by atoms with E-state index in [2.05, 4.69) is 61.6 Å². The van der Waals surface area contributed by atoms with Gasteiger partial charge in [-0.25, -0.2) is 14.4 Å². The first-order valence-corrected chi connectivity index (χ1v) is 18.1. The van der Waals surface area contributed by atoms with E-state index < -0.39 is 14.7 Å². The average Bonchev–Trinajstić information content (AvgIpc) is 3.68. The highest BCUT2D eigenvalue weighted by atomic mass is 79.9. The van der Waals surface area contributed by atoms with Gasteiger partial charge in [0.1, 0.15) is 42.0 Å². The number of rotatable bonds is 10. The maximum Gasteiger partial charge on any atom is 0.145 e. The molecule has 1 fully saturated rings. The monoisotopic (exact) mass is 615 g/mol. The van der Waals surface area contributed by atoms with Crippen LogP contribution in [0.4, 0.5) is 9.39 Å². The van der Waals surface area contributed by atoms with Gasteiger partial charge < -0.3 is 14.2 Å². The Bertz CT molecular complexity index is 1460. The molecule has 200 valence electrons. The van der Waals surface area contributed by atoms with Crippen molar-refractivity contribution < 1.29 is 9.13 Å². The summed E-state index contributed by atoms with van der Waals surface area (Å²) in [5.41, 5.74) is 3.06. The van der Waals surface area contributed by atoms with Crippen molar-refractivity contribution in [1.29, 1.82) is 5.26 Å². The Morgan fingerprint density at radius 1 is 1.34 bits per heavy atom. The summed E-state index contributed by atoms with van der Waals surface area (Å²) in [7, 11) is -1.14. The summed E-state index contributed by atoms with van der Waals surface area (Å²) in [5, 5.41) is 17.9. The summed E-state index contributed by atoms with van der Waals surface area (Å²) >= 11 is 5.00. The second kappa shape index (κ2) is 11.3. The minimum absolute atomic E-state index is 0.0833. The normalized spacial score (nSPS) is 16.8. The number of anilines is 1. The summed E-state index contributed by atoms with van der Waals surface area (Å²) in [4.78, 5) is 11.2. The topological polar surface area (TPSA) is 84.8 Å². The number of hydrogen-bond donors (Lipinski definition) is 0. The molecular weight excluding hydrogens is 585 g/mol. The molecule has 0 spiro atoms. The largest absolute Gasteiger partial charge is 0.362 e. The number of fused-ring (bicyclic) bond motifs is 1. The molecule has 5 heterocycles. The van der Waals surface area contributed by atoms with Crippen LogP contribution in [-0.2, 0) is 11.5 Å². The van der Waals surface area contributed by atoms with Crippen LogP contribution in [0.3, 0.4) is 0 Å². The van der Waals surface area contributed by atoms with Crippen LogP contribution < -0.4 is 4.90 Å². The number of nitriles is 1. The molecule has 0 aliphatic carbocycles. The van der Waals surface area contributed by atoms with Crippen LogP contribution in [0, 0.1) is 17.2 Å². The highest BCUT2D eigenvalue weighted by Gasteiger charge is 2.33. The number of halogens is 2. The lowest BCUT2D eigenvalue weighted by Gasteiger charge is -2.22. The van der Waals surface area contributed by atoms with Gasteiger partial charge in [0.15, 0.2) is 0 Å². The molecule has 1 saturated heterocycles. The number of ether oxygens (including phenoxy) is 1. The Hall–Kier alpha value is -2.59. The van der Waals surface area contributed by atoms with Crippen LogP contribution in [-0.4, -0.2) is 58.8 Å². The zero-order chi connectivity index (χ0) is 26.9. The number of aromatic nitrogens is 5. The summed E-state index contributed by atoms with van der Waals surface area (Å²) in [6, 6.07) is 5.01. The lowest BCUT2D eigenvalue weighted by Crippen LogP contribution is -2.26. The molecular formula is C26H31BrFN7OSSi. The molecule has 4 aromatic heterocycles. The molecule has 0 aromatic carbocycles. The van der Waals surface area contributed by atoms with Crippen LogP contribution in [0.25, 0.3) is 22.3 Å². The van der Waals surface area contributed by atoms with Crippen LogP contribution in [0.5, 0.6) is 0 Å². The lowest BCUT2D eigenvalue weighted by atomic mass is 10.0. The van der Waals surface area contributed by atoms with Gasteiger partial charge in [0, 0.05) is 66.9 Å². The van der Waals surface area contributed by atoms with Crippen molar-refractivity contribution in [2.45, 2.75) is 44.9 Å². The van der Waals surface area contributed by atoms with Gasteiger partial charge in [-0.05, 0) is 34.5 Å². The quantitative estimate of drug-likeness (QED) is 0.153. The minimum Gasteiger partial charge on any atom is -0.362 e. The van der Waals surface area contributed by atoms with E-state index in [-0.39, 0.29) is 12.0 Å². The second-order valence-electron chi connectivity index (χ2n) is 10.9. The fourth-order valence-corrected chi connectivity index (χ4v) is 7.25. The minimum atomic E-state index is -1.14. The van der Waals surface area contributed by atoms with Gasteiger partial charge in [0.2, 0.25) is 0 Å². The number of thiophene rings is 1. The summed E-state index contributed by atoms with van der Waals surface area (Å²) in [5.74, 6) is 0.0833. The molecule has 1 unspecified atom stereocenters. The molecule has 8 nitrogen and oxygen atoms in total. The molecule has 0 amide bonds. The Morgan fingerprint density at radius 3 is 2.95 bits per heavy atom. The van der Waals surface area contributed by atoms with Gasteiger partial charge in [0.25, 0.3) is 0 Å². The number of nitrogens with zero attached hydrogens (tertiary/aromatic N) is 7.